The standard InChI is InChI=1S/C30H38FN3O4/c1-29(2)18-27-30(8-10-32(11-9-30)19-21-14-24(37-4)17-25(15-21)38-5)34(12-13-36-3)28(35)33(27)20-22-16-23(31)6-7-26(22)29/h6-7,14-18H,8-13,19-20H2,1-5H3. The number of likely N-dealkylation sites (tertiary alicyclic amines) is 1. The average molecular weight is 524 g/mol. The maximum Gasteiger partial charge on any atom is 0.325 e. The van der Waals surface area contributed by atoms with E-state index in [1.54, 1.807) is 27.4 Å². The van der Waals surface area contributed by atoms with Gasteiger partial charge < -0.3 is 19.1 Å². The summed E-state index contributed by atoms with van der Waals surface area (Å²) in [5, 5.41) is 0. The number of methoxy groups -OCH3 is 3. The molecule has 0 bridgehead atoms. The Morgan fingerprint density at radius 2 is 1.66 bits per heavy atom. The molecule has 5 rings (SSSR count). The minimum absolute atomic E-state index is 0.0211. The minimum Gasteiger partial charge on any atom is -0.497 e. The zero-order valence-electron chi connectivity index (χ0n) is 23.1. The van der Waals surface area contributed by atoms with E-state index in [4.69, 9.17) is 14.2 Å². The van der Waals surface area contributed by atoms with Crippen LogP contribution in [0.1, 0.15) is 43.4 Å². The van der Waals surface area contributed by atoms with Crippen molar-refractivity contribution in [1.82, 2.24) is 14.7 Å². The van der Waals surface area contributed by atoms with Gasteiger partial charge in [-0.25, -0.2) is 9.18 Å². The van der Waals surface area contributed by atoms with Crippen molar-refractivity contribution in [3.63, 3.8) is 0 Å². The number of nitrogens with zero attached hydrogens (tertiary/aromatic N) is 3. The Bertz CT molecular complexity index is 1210. The molecule has 38 heavy (non-hydrogen) atoms. The molecule has 2 aromatic carbocycles. The Morgan fingerprint density at radius 3 is 2.29 bits per heavy atom. The van der Waals surface area contributed by atoms with Crippen LogP contribution in [0.25, 0.3) is 0 Å². The lowest BCUT2D eigenvalue weighted by Gasteiger charge is -2.45. The van der Waals surface area contributed by atoms with E-state index < -0.39 is 5.54 Å². The summed E-state index contributed by atoms with van der Waals surface area (Å²) in [6, 6.07) is 10.9. The molecule has 3 aliphatic heterocycles. The van der Waals surface area contributed by atoms with E-state index in [1.165, 1.54) is 6.07 Å². The molecule has 0 saturated carbocycles. The highest BCUT2D eigenvalue weighted by molar-refractivity contribution is 5.83. The molecule has 0 radical (unpaired) electrons. The van der Waals surface area contributed by atoms with Gasteiger partial charge in [-0.3, -0.25) is 9.80 Å². The van der Waals surface area contributed by atoms with Gasteiger partial charge in [0, 0.05) is 50.5 Å². The maximum absolute atomic E-state index is 14.3. The molecule has 2 fully saturated rings. The first-order valence-corrected chi connectivity index (χ1v) is 13.3. The summed E-state index contributed by atoms with van der Waals surface area (Å²) >= 11 is 0. The van der Waals surface area contributed by atoms with Gasteiger partial charge in [0.2, 0.25) is 0 Å². The van der Waals surface area contributed by atoms with Gasteiger partial charge in [-0.2, -0.15) is 0 Å². The second-order valence-corrected chi connectivity index (χ2v) is 11.1. The predicted molar refractivity (Wildman–Crippen MR) is 144 cm³/mol. The smallest absolute Gasteiger partial charge is 0.325 e. The van der Waals surface area contributed by atoms with Gasteiger partial charge in [-0.15, -0.1) is 0 Å². The van der Waals surface area contributed by atoms with E-state index >= 15 is 0 Å². The van der Waals surface area contributed by atoms with Gasteiger partial charge in [0.05, 0.1) is 32.9 Å². The van der Waals surface area contributed by atoms with Gasteiger partial charge >= 0.3 is 6.03 Å². The first-order valence-electron chi connectivity index (χ1n) is 13.3. The summed E-state index contributed by atoms with van der Waals surface area (Å²) in [5.74, 6) is 1.28. The largest absolute Gasteiger partial charge is 0.497 e. The highest BCUT2D eigenvalue weighted by Gasteiger charge is 2.55. The highest BCUT2D eigenvalue weighted by Crippen LogP contribution is 2.48. The zero-order valence-corrected chi connectivity index (χ0v) is 23.1. The number of hydrogen-bond acceptors (Lipinski definition) is 5. The monoisotopic (exact) mass is 523 g/mol. The Hall–Kier alpha value is -3.10. The number of ether oxygens (including phenoxy) is 3. The van der Waals surface area contributed by atoms with Crippen molar-refractivity contribution in [3.05, 3.63) is 70.7 Å². The summed E-state index contributed by atoms with van der Waals surface area (Å²) in [6.07, 6.45) is 3.88. The van der Waals surface area contributed by atoms with E-state index in [9.17, 15) is 9.18 Å². The van der Waals surface area contributed by atoms with Crippen molar-refractivity contribution in [2.75, 3.05) is 47.6 Å². The van der Waals surface area contributed by atoms with Gasteiger partial charge in [-0.05, 0) is 53.8 Å². The number of fused-ring (bicyclic) bond motifs is 3. The van der Waals surface area contributed by atoms with Crippen LogP contribution in [-0.4, -0.2) is 73.8 Å². The molecule has 2 saturated heterocycles. The van der Waals surface area contributed by atoms with Gasteiger partial charge in [0.1, 0.15) is 17.3 Å². The number of carbonyl (C=O) groups is 1. The normalized spacial score (nSPS) is 20.2. The van der Waals surface area contributed by atoms with Crippen LogP contribution in [-0.2, 0) is 23.2 Å². The Balaban J connectivity index is 1.45. The van der Waals surface area contributed by atoms with Crippen LogP contribution in [0.4, 0.5) is 9.18 Å². The Kier molecular flexibility index (Phi) is 7.13. The molecule has 0 unspecified atom stereocenters. The van der Waals surface area contributed by atoms with Crippen LogP contribution in [0.2, 0.25) is 0 Å². The fourth-order valence-corrected chi connectivity index (χ4v) is 6.41. The van der Waals surface area contributed by atoms with E-state index in [1.807, 2.05) is 34.1 Å². The maximum atomic E-state index is 14.3. The van der Waals surface area contributed by atoms with Crippen LogP contribution in [0.3, 0.4) is 0 Å². The lowest BCUT2D eigenvalue weighted by Crippen LogP contribution is -2.54. The van der Waals surface area contributed by atoms with Crippen LogP contribution < -0.4 is 9.47 Å². The minimum atomic E-state index is -0.421. The van der Waals surface area contributed by atoms with Gasteiger partial charge in [-0.1, -0.05) is 26.0 Å². The van der Waals surface area contributed by atoms with Crippen LogP contribution in [0, 0.1) is 5.82 Å². The summed E-state index contributed by atoms with van der Waals surface area (Å²) in [5.41, 5.74) is 3.34. The second kappa shape index (κ2) is 10.2. The van der Waals surface area contributed by atoms with E-state index in [0.29, 0.717) is 19.7 Å². The van der Waals surface area contributed by atoms with E-state index in [0.717, 1.165) is 66.4 Å². The molecular weight excluding hydrogens is 485 g/mol. The van der Waals surface area contributed by atoms with Crippen LogP contribution in [0.15, 0.2) is 48.2 Å². The average Bonchev–Trinajstić information content (AvgIpc) is 3.01. The molecule has 7 nitrogen and oxygen atoms in total. The second-order valence-electron chi connectivity index (χ2n) is 11.1. The fourth-order valence-electron chi connectivity index (χ4n) is 6.41. The van der Waals surface area contributed by atoms with E-state index in [2.05, 4.69) is 24.8 Å². The molecule has 2 aromatic rings. The molecule has 1 spiro atoms. The number of allylic oxidation sites excluding steroid dienone is 1. The van der Waals surface area contributed by atoms with E-state index in [-0.39, 0.29) is 17.3 Å². The number of amides is 2. The molecule has 3 heterocycles. The lowest BCUT2D eigenvalue weighted by molar-refractivity contribution is 0.0667. The summed E-state index contributed by atoms with van der Waals surface area (Å²) in [6.45, 7) is 8.12. The molecule has 0 aromatic heterocycles. The first kappa shape index (κ1) is 26.5. The van der Waals surface area contributed by atoms with Crippen molar-refractivity contribution in [2.24, 2.45) is 0 Å². The Labute approximate surface area is 224 Å². The fraction of sp³-hybridized carbons (Fsp3) is 0.500. The van der Waals surface area contributed by atoms with Gasteiger partial charge in [0.25, 0.3) is 0 Å². The number of benzene rings is 2. The third-order valence-electron chi connectivity index (χ3n) is 8.35. The Morgan fingerprint density at radius 1 is 0.974 bits per heavy atom. The molecule has 2 amide bonds. The van der Waals surface area contributed by atoms with Crippen molar-refractivity contribution < 1.29 is 23.4 Å². The summed E-state index contributed by atoms with van der Waals surface area (Å²) in [7, 11) is 4.99. The van der Waals surface area contributed by atoms with Crippen LogP contribution >= 0.6 is 0 Å². The molecule has 0 atom stereocenters. The topological polar surface area (TPSA) is 54.5 Å². The summed E-state index contributed by atoms with van der Waals surface area (Å²) < 4.78 is 30.6. The number of hydrogen-bond donors (Lipinski definition) is 0. The number of urea groups is 1. The van der Waals surface area contributed by atoms with Crippen molar-refractivity contribution in [2.45, 2.75) is 50.7 Å². The SMILES string of the molecule is COCCN1C(=O)N2Cc3cc(F)ccc3C(C)(C)C=C2C12CCN(Cc1cc(OC)cc(OC)c1)CC2. The molecule has 3 aliphatic rings. The molecular formula is C30H38FN3O4. The zero-order chi connectivity index (χ0) is 27.1. The quantitative estimate of drug-likeness (QED) is 0.515. The third-order valence-corrected chi connectivity index (χ3v) is 8.35. The molecule has 8 heteroatoms. The van der Waals surface area contributed by atoms with Gasteiger partial charge in [0.15, 0.2) is 0 Å². The van der Waals surface area contributed by atoms with Crippen molar-refractivity contribution >= 4 is 6.03 Å². The molecule has 0 N–H and O–H groups in total. The number of carbonyl (C=O) groups excluding carboxylic acids is 1. The third kappa shape index (κ3) is 4.64. The van der Waals surface area contributed by atoms with Crippen LogP contribution in [0.5, 0.6) is 11.5 Å². The predicted octanol–water partition coefficient (Wildman–Crippen LogP) is 4.94. The number of piperidine rings is 1. The molecule has 0 aliphatic carbocycles. The first-order chi connectivity index (χ1) is 18.2. The highest BCUT2D eigenvalue weighted by atomic mass is 19.1. The van der Waals surface area contributed by atoms with Crippen molar-refractivity contribution in [3.8, 4) is 11.5 Å². The molecule has 204 valence electrons. The lowest BCUT2D eigenvalue weighted by atomic mass is 9.77. The number of rotatable bonds is 7. The van der Waals surface area contributed by atoms with Crippen molar-refractivity contribution in [1.29, 1.82) is 0 Å². The number of halogens is 1. The summed E-state index contributed by atoms with van der Waals surface area (Å²) in [4.78, 5) is 20.2.